The first-order chi connectivity index (χ1) is 13.9. The van der Waals surface area contributed by atoms with Crippen molar-refractivity contribution in [1.82, 2.24) is 4.90 Å². The van der Waals surface area contributed by atoms with Crippen molar-refractivity contribution < 1.29 is 14.3 Å². The number of fused-ring (bicyclic) bond motifs is 2. The zero-order valence-corrected chi connectivity index (χ0v) is 19.0. The lowest BCUT2D eigenvalue weighted by atomic mass is 9.91. The van der Waals surface area contributed by atoms with Gasteiger partial charge in [-0.1, -0.05) is 5.57 Å². The largest absolute Gasteiger partial charge is 0.488 e. The van der Waals surface area contributed by atoms with Crippen LogP contribution in [0.3, 0.4) is 0 Å². The smallest absolute Gasteiger partial charge is 0.321 e. The SMILES string of the molecule is COC(=O)C(C)(C)Sc1ccc2c(c1)C(=C1CCN(C)CC1)c1sccc1CO2. The van der Waals surface area contributed by atoms with Gasteiger partial charge in [0, 0.05) is 39.6 Å². The molecule has 0 saturated carbocycles. The van der Waals surface area contributed by atoms with Crippen LogP contribution in [0.15, 0.2) is 40.1 Å². The summed E-state index contributed by atoms with van der Waals surface area (Å²) in [6.45, 7) is 6.57. The summed E-state index contributed by atoms with van der Waals surface area (Å²) in [5, 5.41) is 2.16. The van der Waals surface area contributed by atoms with Crippen molar-refractivity contribution in [1.29, 1.82) is 0 Å². The fourth-order valence-electron chi connectivity index (χ4n) is 3.91. The van der Waals surface area contributed by atoms with Crippen molar-refractivity contribution >= 4 is 34.6 Å². The van der Waals surface area contributed by atoms with Crippen molar-refractivity contribution in [3.8, 4) is 5.75 Å². The van der Waals surface area contributed by atoms with E-state index in [0.29, 0.717) is 6.61 Å². The van der Waals surface area contributed by atoms with Crippen LogP contribution in [0.2, 0.25) is 0 Å². The Kier molecular flexibility index (Phi) is 5.78. The summed E-state index contributed by atoms with van der Waals surface area (Å²) in [4.78, 5) is 16.9. The highest BCUT2D eigenvalue weighted by Gasteiger charge is 2.31. The number of likely N-dealkylation sites (tertiary alicyclic amines) is 1. The highest BCUT2D eigenvalue weighted by molar-refractivity contribution is 8.01. The Bertz CT molecular complexity index is 951. The predicted molar refractivity (Wildman–Crippen MR) is 120 cm³/mol. The molecule has 0 N–H and O–H groups in total. The van der Waals surface area contributed by atoms with Gasteiger partial charge in [-0.25, -0.2) is 0 Å². The summed E-state index contributed by atoms with van der Waals surface area (Å²) in [5.74, 6) is 0.707. The molecule has 2 aliphatic heterocycles. The average Bonchev–Trinajstić information content (AvgIpc) is 3.10. The Morgan fingerprint density at radius 2 is 2.00 bits per heavy atom. The standard InChI is InChI=1S/C23H27NO3S2/c1-23(2,22(25)26-4)29-17-5-6-19-18(13-17)20(15-7-10-24(3)11-8-15)21-16(14-27-19)9-12-28-21/h5-6,9,12-13H,7-8,10-11,14H2,1-4H3. The third-order valence-corrected chi connectivity index (χ3v) is 7.71. The maximum Gasteiger partial charge on any atom is 0.321 e. The van der Waals surface area contributed by atoms with Gasteiger partial charge in [0.25, 0.3) is 0 Å². The Labute approximate surface area is 180 Å². The lowest BCUT2D eigenvalue weighted by Crippen LogP contribution is -2.28. The molecule has 0 radical (unpaired) electrons. The number of thioether (sulfide) groups is 1. The minimum Gasteiger partial charge on any atom is -0.488 e. The van der Waals surface area contributed by atoms with Gasteiger partial charge in [-0.2, -0.15) is 0 Å². The minimum atomic E-state index is -0.649. The molecular formula is C23H27NO3S2. The second-order valence-electron chi connectivity index (χ2n) is 8.11. The first kappa shape index (κ1) is 20.5. The van der Waals surface area contributed by atoms with E-state index < -0.39 is 4.75 Å². The Morgan fingerprint density at radius 1 is 1.24 bits per heavy atom. The van der Waals surface area contributed by atoms with Gasteiger partial charge in [0.15, 0.2) is 0 Å². The van der Waals surface area contributed by atoms with E-state index in [1.807, 2.05) is 19.9 Å². The van der Waals surface area contributed by atoms with Gasteiger partial charge in [-0.15, -0.1) is 23.1 Å². The molecule has 0 atom stereocenters. The van der Waals surface area contributed by atoms with Crippen molar-refractivity contribution in [2.24, 2.45) is 0 Å². The molecule has 6 heteroatoms. The minimum absolute atomic E-state index is 0.219. The zero-order valence-electron chi connectivity index (χ0n) is 17.4. The van der Waals surface area contributed by atoms with Crippen molar-refractivity contribution in [3.63, 3.8) is 0 Å². The molecule has 1 fully saturated rings. The lowest BCUT2D eigenvalue weighted by Gasteiger charge is -2.27. The number of hydrogen-bond acceptors (Lipinski definition) is 6. The molecular weight excluding hydrogens is 402 g/mol. The number of piperidine rings is 1. The molecule has 1 aromatic heterocycles. The molecule has 2 aromatic rings. The van der Waals surface area contributed by atoms with Crippen LogP contribution in [0.5, 0.6) is 5.75 Å². The number of carbonyl (C=O) groups is 1. The number of methoxy groups -OCH3 is 1. The number of ether oxygens (including phenoxy) is 2. The second-order valence-corrected chi connectivity index (χ2v) is 10.7. The van der Waals surface area contributed by atoms with Gasteiger partial charge in [0.1, 0.15) is 17.1 Å². The fourth-order valence-corrected chi connectivity index (χ4v) is 6.00. The van der Waals surface area contributed by atoms with Gasteiger partial charge in [-0.05, 0) is 63.4 Å². The summed E-state index contributed by atoms with van der Waals surface area (Å²) in [7, 11) is 3.63. The molecule has 3 heterocycles. The van der Waals surface area contributed by atoms with E-state index in [9.17, 15) is 4.79 Å². The molecule has 4 rings (SSSR count). The van der Waals surface area contributed by atoms with E-state index in [1.54, 1.807) is 11.3 Å². The van der Waals surface area contributed by atoms with Crippen LogP contribution >= 0.6 is 23.1 Å². The van der Waals surface area contributed by atoms with Crippen LogP contribution < -0.4 is 4.74 Å². The quantitative estimate of drug-likeness (QED) is 0.495. The van der Waals surface area contributed by atoms with Gasteiger partial charge in [-0.3, -0.25) is 4.79 Å². The van der Waals surface area contributed by atoms with Crippen LogP contribution in [0.4, 0.5) is 0 Å². The van der Waals surface area contributed by atoms with E-state index in [1.165, 1.54) is 40.5 Å². The van der Waals surface area contributed by atoms with Crippen molar-refractivity contribution in [2.45, 2.75) is 42.9 Å². The molecule has 0 aliphatic carbocycles. The maximum absolute atomic E-state index is 12.2. The normalized spacial score (nSPS) is 17.2. The number of carbonyl (C=O) groups excluding carboxylic acids is 1. The average molecular weight is 430 g/mol. The van der Waals surface area contributed by atoms with E-state index in [4.69, 9.17) is 9.47 Å². The number of hydrogen-bond donors (Lipinski definition) is 0. The van der Waals surface area contributed by atoms with E-state index in [0.717, 1.165) is 42.1 Å². The summed E-state index contributed by atoms with van der Waals surface area (Å²) < 4.78 is 10.5. The van der Waals surface area contributed by atoms with E-state index in [-0.39, 0.29) is 5.97 Å². The van der Waals surface area contributed by atoms with Gasteiger partial charge in [0.05, 0.1) is 7.11 Å². The monoisotopic (exact) mass is 429 g/mol. The summed E-state index contributed by atoms with van der Waals surface area (Å²) in [5.41, 5.74) is 5.26. The van der Waals surface area contributed by atoms with Crippen molar-refractivity contribution in [2.75, 3.05) is 27.2 Å². The Balaban J connectivity index is 1.80. The number of benzene rings is 1. The fraction of sp³-hybridized carbons (Fsp3) is 0.435. The molecule has 1 saturated heterocycles. The van der Waals surface area contributed by atoms with Crippen LogP contribution in [0.25, 0.3) is 5.57 Å². The summed E-state index contributed by atoms with van der Waals surface area (Å²) in [6, 6.07) is 8.47. The molecule has 2 aliphatic rings. The van der Waals surface area contributed by atoms with E-state index in [2.05, 4.69) is 35.5 Å². The number of thiophene rings is 1. The number of rotatable bonds is 3. The third-order valence-electron chi connectivity index (χ3n) is 5.57. The summed E-state index contributed by atoms with van der Waals surface area (Å²) >= 11 is 3.33. The first-order valence-electron chi connectivity index (χ1n) is 9.91. The van der Waals surface area contributed by atoms with E-state index >= 15 is 0 Å². The highest BCUT2D eigenvalue weighted by atomic mass is 32.2. The van der Waals surface area contributed by atoms with Crippen LogP contribution in [0, 0.1) is 0 Å². The van der Waals surface area contributed by atoms with Crippen LogP contribution in [-0.2, 0) is 16.1 Å². The van der Waals surface area contributed by atoms with Crippen LogP contribution in [-0.4, -0.2) is 42.9 Å². The molecule has 0 amide bonds. The molecule has 0 unspecified atom stereocenters. The van der Waals surface area contributed by atoms with Gasteiger partial charge >= 0.3 is 5.97 Å². The maximum atomic E-state index is 12.2. The Morgan fingerprint density at radius 3 is 2.72 bits per heavy atom. The number of nitrogens with zero attached hydrogens (tertiary/aromatic N) is 1. The molecule has 0 spiro atoms. The Hall–Kier alpha value is -1.76. The molecule has 4 nitrogen and oxygen atoms in total. The lowest BCUT2D eigenvalue weighted by molar-refractivity contribution is -0.142. The molecule has 29 heavy (non-hydrogen) atoms. The van der Waals surface area contributed by atoms with Crippen molar-refractivity contribution in [3.05, 3.63) is 51.2 Å². The first-order valence-corrected chi connectivity index (χ1v) is 11.6. The van der Waals surface area contributed by atoms with Crippen LogP contribution in [0.1, 0.15) is 42.7 Å². The molecule has 154 valence electrons. The molecule has 0 bridgehead atoms. The number of esters is 1. The third kappa shape index (κ3) is 4.11. The summed E-state index contributed by atoms with van der Waals surface area (Å²) in [6.07, 6.45) is 2.15. The molecule has 1 aromatic carbocycles. The van der Waals surface area contributed by atoms with Gasteiger partial charge in [0.2, 0.25) is 0 Å². The predicted octanol–water partition coefficient (Wildman–Crippen LogP) is 5.21. The zero-order chi connectivity index (χ0) is 20.6. The topological polar surface area (TPSA) is 38.8 Å². The van der Waals surface area contributed by atoms with Gasteiger partial charge < -0.3 is 14.4 Å². The second kappa shape index (κ2) is 8.17. The highest BCUT2D eigenvalue weighted by Crippen LogP contribution is 2.45.